The van der Waals surface area contributed by atoms with Gasteiger partial charge < -0.3 is 5.32 Å². The van der Waals surface area contributed by atoms with Crippen LogP contribution in [0.2, 0.25) is 0 Å². The fraction of sp³-hybridized carbons (Fsp3) is 0. The minimum Gasteiger partial charge on any atom is -0.319 e. The summed E-state index contributed by atoms with van der Waals surface area (Å²) < 4.78 is 27.5. The lowest BCUT2D eigenvalue weighted by Crippen LogP contribution is -2.17. The Morgan fingerprint density at radius 3 is 2.15 bits per heavy atom. The molecule has 6 heteroatoms. The molecular formula is C20H12BrF2NO2. The summed E-state index contributed by atoms with van der Waals surface area (Å²) in [6.45, 7) is 0. The third-order valence-electron chi connectivity index (χ3n) is 3.70. The van der Waals surface area contributed by atoms with Crippen molar-refractivity contribution >= 4 is 33.3 Å². The van der Waals surface area contributed by atoms with Crippen LogP contribution in [-0.4, -0.2) is 11.7 Å². The van der Waals surface area contributed by atoms with E-state index >= 15 is 0 Å². The topological polar surface area (TPSA) is 46.2 Å². The minimum absolute atomic E-state index is 0.00207. The first-order valence-electron chi connectivity index (χ1n) is 7.61. The molecule has 3 rings (SSSR count). The third-order valence-corrected chi connectivity index (χ3v) is 4.20. The molecule has 130 valence electrons. The second-order valence-electron chi connectivity index (χ2n) is 5.46. The SMILES string of the molecule is O=C(Nc1ccc(Br)cc1F)c1ccccc1C(=O)c1ccc(F)cc1. The molecule has 1 N–H and O–H groups in total. The molecule has 0 unspecified atom stereocenters. The van der Waals surface area contributed by atoms with Crippen LogP contribution in [-0.2, 0) is 0 Å². The van der Waals surface area contributed by atoms with Gasteiger partial charge in [-0.1, -0.05) is 34.1 Å². The van der Waals surface area contributed by atoms with Crippen LogP contribution in [0.25, 0.3) is 0 Å². The summed E-state index contributed by atoms with van der Waals surface area (Å²) in [5.41, 5.74) is 0.502. The number of hydrogen-bond donors (Lipinski definition) is 1. The molecule has 0 aliphatic carbocycles. The second-order valence-corrected chi connectivity index (χ2v) is 6.38. The smallest absolute Gasteiger partial charge is 0.256 e. The van der Waals surface area contributed by atoms with Gasteiger partial charge in [-0.2, -0.15) is 0 Å². The Morgan fingerprint density at radius 1 is 0.846 bits per heavy atom. The molecule has 0 aliphatic rings. The molecule has 26 heavy (non-hydrogen) atoms. The highest BCUT2D eigenvalue weighted by Crippen LogP contribution is 2.21. The standard InChI is InChI=1S/C20H12BrF2NO2/c21-13-7-10-18(17(23)11-13)24-20(26)16-4-2-1-3-15(16)19(25)12-5-8-14(22)9-6-12/h1-11H,(H,24,26). The summed E-state index contributed by atoms with van der Waals surface area (Å²) in [7, 11) is 0. The van der Waals surface area contributed by atoms with Gasteiger partial charge in [0, 0.05) is 15.6 Å². The molecule has 3 aromatic rings. The summed E-state index contributed by atoms with van der Waals surface area (Å²) >= 11 is 3.14. The number of ketones is 1. The first-order valence-corrected chi connectivity index (χ1v) is 8.40. The normalized spacial score (nSPS) is 10.4. The predicted octanol–water partition coefficient (Wildman–Crippen LogP) is 5.21. The van der Waals surface area contributed by atoms with Crippen molar-refractivity contribution in [1.82, 2.24) is 0 Å². The monoisotopic (exact) mass is 415 g/mol. The van der Waals surface area contributed by atoms with E-state index < -0.39 is 23.3 Å². The number of carbonyl (C=O) groups excluding carboxylic acids is 2. The predicted molar refractivity (Wildman–Crippen MR) is 98.3 cm³/mol. The summed E-state index contributed by atoms with van der Waals surface area (Å²) in [6.07, 6.45) is 0. The number of nitrogens with one attached hydrogen (secondary N) is 1. The summed E-state index contributed by atoms with van der Waals surface area (Å²) in [6, 6.07) is 15.5. The van der Waals surface area contributed by atoms with Crippen LogP contribution >= 0.6 is 15.9 Å². The lowest BCUT2D eigenvalue weighted by atomic mass is 9.98. The molecule has 0 saturated carbocycles. The molecule has 0 bridgehead atoms. The van der Waals surface area contributed by atoms with Crippen molar-refractivity contribution in [1.29, 1.82) is 0 Å². The molecule has 0 saturated heterocycles. The van der Waals surface area contributed by atoms with Crippen molar-refractivity contribution in [2.24, 2.45) is 0 Å². The average Bonchev–Trinajstić information content (AvgIpc) is 2.64. The van der Waals surface area contributed by atoms with E-state index in [2.05, 4.69) is 21.2 Å². The number of amides is 1. The third kappa shape index (κ3) is 3.86. The van der Waals surface area contributed by atoms with E-state index in [9.17, 15) is 18.4 Å². The van der Waals surface area contributed by atoms with Crippen molar-refractivity contribution in [2.45, 2.75) is 0 Å². The molecule has 1 amide bonds. The quantitative estimate of drug-likeness (QED) is 0.594. The number of benzene rings is 3. The molecule has 0 radical (unpaired) electrons. The van der Waals surface area contributed by atoms with E-state index in [1.54, 1.807) is 18.2 Å². The van der Waals surface area contributed by atoms with Gasteiger partial charge in [0.15, 0.2) is 5.78 Å². The van der Waals surface area contributed by atoms with Gasteiger partial charge >= 0.3 is 0 Å². The van der Waals surface area contributed by atoms with Gasteiger partial charge in [0.2, 0.25) is 0 Å². The van der Waals surface area contributed by atoms with Crippen molar-refractivity contribution < 1.29 is 18.4 Å². The molecule has 3 nitrogen and oxygen atoms in total. The highest BCUT2D eigenvalue weighted by molar-refractivity contribution is 9.10. The summed E-state index contributed by atoms with van der Waals surface area (Å²) in [4.78, 5) is 25.2. The zero-order chi connectivity index (χ0) is 18.7. The van der Waals surface area contributed by atoms with Crippen LogP contribution in [0.4, 0.5) is 14.5 Å². The number of hydrogen-bond acceptors (Lipinski definition) is 2. The summed E-state index contributed by atoms with van der Waals surface area (Å²) in [5.74, 6) is -2.10. The Labute approximate surface area is 156 Å². The number of carbonyl (C=O) groups is 2. The summed E-state index contributed by atoms with van der Waals surface area (Å²) in [5, 5.41) is 2.46. The number of rotatable bonds is 4. The van der Waals surface area contributed by atoms with Crippen LogP contribution in [0, 0.1) is 11.6 Å². The molecule has 0 atom stereocenters. The van der Waals surface area contributed by atoms with Gasteiger partial charge in [-0.05, 0) is 48.5 Å². The van der Waals surface area contributed by atoms with E-state index in [1.165, 1.54) is 48.5 Å². The van der Waals surface area contributed by atoms with Crippen LogP contribution in [0.5, 0.6) is 0 Å². The van der Waals surface area contributed by atoms with Crippen LogP contribution in [0.1, 0.15) is 26.3 Å². The molecule has 0 spiro atoms. The van der Waals surface area contributed by atoms with Gasteiger partial charge in [0.1, 0.15) is 11.6 Å². The van der Waals surface area contributed by atoms with Gasteiger partial charge in [-0.15, -0.1) is 0 Å². The molecule has 3 aromatic carbocycles. The van der Waals surface area contributed by atoms with Crippen LogP contribution in [0.3, 0.4) is 0 Å². The van der Waals surface area contributed by atoms with E-state index in [0.717, 1.165) is 0 Å². The van der Waals surface area contributed by atoms with Crippen molar-refractivity contribution in [2.75, 3.05) is 5.32 Å². The molecule has 0 aromatic heterocycles. The Bertz CT molecular complexity index is 987. The van der Waals surface area contributed by atoms with Gasteiger partial charge in [0.25, 0.3) is 5.91 Å². The zero-order valence-corrected chi connectivity index (χ0v) is 14.9. The number of halogens is 3. The van der Waals surface area contributed by atoms with E-state index in [1.807, 2.05) is 0 Å². The molecular weight excluding hydrogens is 404 g/mol. The van der Waals surface area contributed by atoms with Gasteiger partial charge in [0.05, 0.1) is 11.3 Å². The van der Waals surface area contributed by atoms with Crippen molar-refractivity contribution in [3.63, 3.8) is 0 Å². The molecule has 0 fully saturated rings. The Balaban J connectivity index is 1.92. The maximum atomic E-state index is 13.9. The lowest BCUT2D eigenvalue weighted by molar-refractivity contribution is 0.0996. The molecule has 0 heterocycles. The Hall–Kier alpha value is -2.86. The van der Waals surface area contributed by atoms with Gasteiger partial charge in [-0.3, -0.25) is 9.59 Å². The zero-order valence-electron chi connectivity index (χ0n) is 13.3. The fourth-order valence-electron chi connectivity index (χ4n) is 2.42. The molecule has 0 aliphatic heterocycles. The maximum absolute atomic E-state index is 13.9. The second kappa shape index (κ2) is 7.58. The highest BCUT2D eigenvalue weighted by atomic mass is 79.9. The van der Waals surface area contributed by atoms with Crippen molar-refractivity contribution in [3.05, 3.63) is 99.5 Å². The lowest BCUT2D eigenvalue weighted by Gasteiger charge is -2.10. The van der Waals surface area contributed by atoms with Crippen LogP contribution < -0.4 is 5.32 Å². The van der Waals surface area contributed by atoms with E-state index in [4.69, 9.17) is 0 Å². The van der Waals surface area contributed by atoms with Crippen molar-refractivity contribution in [3.8, 4) is 0 Å². The first kappa shape index (κ1) is 17.9. The fourth-order valence-corrected chi connectivity index (χ4v) is 2.75. The first-order chi connectivity index (χ1) is 12.5. The maximum Gasteiger partial charge on any atom is 0.256 e. The highest BCUT2D eigenvalue weighted by Gasteiger charge is 2.19. The number of anilines is 1. The average molecular weight is 416 g/mol. The Kier molecular flexibility index (Phi) is 5.23. The Morgan fingerprint density at radius 2 is 1.50 bits per heavy atom. The largest absolute Gasteiger partial charge is 0.319 e. The van der Waals surface area contributed by atoms with E-state index in [-0.39, 0.29) is 22.4 Å². The van der Waals surface area contributed by atoms with E-state index in [0.29, 0.717) is 4.47 Å². The minimum atomic E-state index is -0.614. The van der Waals surface area contributed by atoms with Gasteiger partial charge in [-0.25, -0.2) is 8.78 Å². The van der Waals surface area contributed by atoms with Crippen LogP contribution in [0.15, 0.2) is 71.2 Å².